The van der Waals surface area contributed by atoms with Crippen LogP contribution in [0.25, 0.3) is 0 Å². The predicted octanol–water partition coefficient (Wildman–Crippen LogP) is 0.0589. The van der Waals surface area contributed by atoms with E-state index in [0.717, 1.165) is 32.1 Å². The van der Waals surface area contributed by atoms with Gasteiger partial charge in [0.15, 0.2) is 0 Å². The maximum absolute atomic E-state index is 13.1. The maximum atomic E-state index is 13.1. The van der Waals surface area contributed by atoms with Gasteiger partial charge in [-0.05, 0) is 111 Å². The number of aliphatic carboxylic acids is 4. The van der Waals surface area contributed by atoms with Crippen molar-refractivity contribution in [2.75, 3.05) is 85.1 Å². The lowest BCUT2D eigenvalue weighted by Gasteiger charge is -2.63. The third-order valence-electron chi connectivity index (χ3n) is 15.7. The zero-order valence-corrected chi connectivity index (χ0v) is 36.9. The van der Waals surface area contributed by atoms with Gasteiger partial charge in [0.2, 0.25) is 11.8 Å². The van der Waals surface area contributed by atoms with E-state index in [2.05, 4.69) is 36.7 Å². The molecule has 2 amide bonds. The normalized spacial score (nSPS) is 34.2. The molecule has 1 aliphatic heterocycles. The number of carboxylic acids is 4. The van der Waals surface area contributed by atoms with Crippen LogP contribution in [0.3, 0.4) is 0 Å². The first-order valence-electron chi connectivity index (χ1n) is 22.8. The second-order valence-electron chi connectivity index (χ2n) is 19.4. The summed E-state index contributed by atoms with van der Waals surface area (Å²) < 4.78 is 0. The SMILES string of the molecule is C[C@H](CCC(=O)O)[C@H]1CC[C@H]2[C@@H]3[C@H](O)C[C@@H]4C[C@@H](NC(=O)CNCCCNC(=O)CN5CCN(CC(=O)O)CCN(CC(=O)O)CCN5CC(=O)O)CC[C@]4(C)[C@H]3C[C@H](O)[C@]12C. The van der Waals surface area contributed by atoms with Crippen LogP contribution in [0.4, 0.5) is 0 Å². The quantitative estimate of drug-likeness (QED) is 0.0777. The number of carbonyl (C=O) groups excluding carboxylic acids is 2. The van der Waals surface area contributed by atoms with Gasteiger partial charge in [0, 0.05) is 58.3 Å². The predicted molar refractivity (Wildman–Crippen MR) is 225 cm³/mol. The number of carboxylic acid groups (broad SMARTS) is 4. The van der Waals surface area contributed by atoms with Crippen molar-refractivity contribution < 1.29 is 59.4 Å². The Kier molecular flexibility index (Phi) is 17.5. The highest BCUT2D eigenvalue weighted by atomic mass is 16.4. The summed E-state index contributed by atoms with van der Waals surface area (Å²) in [5.41, 5.74) is -0.415. The molecule has 1 heterocycles. The Balaban J connectivity index is 1.05. The number of hydrazine groups is 1. The number of carbonyl (C=O) groups is 6. The average molecular weight is 880 g/mol. The van der Waals surface area contributed by atoms with Gasteiger partial charge in [0.05, 0.1) is 38.4 Å². The van der Waals surface area contributed by atoms with E-state index in [1.165, 1.54) is 5.01 Å². The second kappa shape index (κ2) is 22.0. The van der Waals surface area contributed by atoms with Gasteiger partial charge >= 0.3 is 23.9 Å². The standard InChI is InChI=1S/C43H73N7O12/c1-27(5-8-37(55)56)30-6-7-31-41-32(21-34(52)43(30,31)3)42(2)10-9-29(19-28(42)20-33(41)51)46-35(53)22-44-11-4-12-45-36(54)23-49-17-15-47(24-38(57)58)13-14-48(25-39(59)60)16-18-50(49)26-40(61)62/h27-34,41,44,51-52H,4-26H2,1-3H3,(H,45,54)(H,46,53)(H,55,56)(H,57,58)(H,59,60)(H,61,62)/t27-,28+,29+,30-,31+,32+,33-,34+,41+,42+,43-/m1/s1. The molecule has 19 nitrogen and oxygen atoms in total. The first kappa shape index (κ1) is 49.6. The fourth-order valence-corrected chi connectivity index (χ4v) is 12.5. The molecule has 0 aromatic heterocycles. The number of hydrogen-bond acceptors (Lipinski definition) is 13. The second-order valence-corrected chi connectivity index (χ2v) is 19.4. The van der Waals surface area contributed by atoms with E-state index in [0.29, 0.717) is 45.3 Å². The summed E-state index contributed by atoms with van der Waals surface area (Å²) in [5, 5.41) is 73.5. The molecule has 4 aliphatic carbocycles. The Morgan fingerprint density at radius 3 is 1.92 bits per heavy atom. The lowest BCUT2D eigenvalue weighted by atomic mass is 9.43. The van der Waals surface area contributed by atoms with Gasteiger partial charge in [-0.25, -0.2) is 10.0 Å². The van der Waals surface area contributed by atoms with Crippen LogP contribution in [-0.4, -0.2) is 189 Å². The van der Waals surface area contributed by atoms with Crippen molar-refractivity contribution in [2.24, 2.45) is 46.3 Å². The van der Waals surface area contributed by atoms with E-state index in [1.807, 2.05) is 0 Å². The number of rotatable bonds is 19. The number of aliphatic hydroxyl groups is 2. The highest BCUT2D eigenvalue weighted by molar-refractivity contribution is 5.78. The largest absolute Gasteiger partial charge is 0.481 e. The van der Waals surface area contributed by atoms with Gasteiger partial charge in [-0.15, -0.1) is 0 Å². The summed E-state index contributed by atoms with van der Waals surface area (Å²) >= 11 is 0. The maximum Gasteiger partial charge on any atom is 0.319 e. The molecule has 1 saturated heterocycles. The summed E-state index contributed by atoms with van der Waals surface area (Å²) in [7, 11) is 0. The minimum Gasteiger partial charge on any atom is -0.481 e. The minimum atomic E-state index is -1.13. The number of nitrogens with one attached hydrogen (secondary N) is 3. The molecule has 62 heavy (non-hydrogen) atoms. The van der Waals surface area contributed by atoms with E-state index < -0.39 is 42.6 Å². The Morgan fingerprint density at radius 1 is 0.694 bits per heavy atom. The molecule has 0 radical (unpaired) electrons. The Hall–Kier alpha value is -3.46. The van der Waals surface area contributed by atoms with Gasteiger partial charge in [0.1, 0.15) is 6.54 Å². The Labute approximate surface area is 364 Å². The molecule has 0 aromatic rings. The molecule has 0 spiro atoms. The number of nitrogens with zero attached hydrogens (tertiary/aromatic N) is 4. The van der Waals surface area contributed by atoms with Crippen LogP contribution >= 0.6 is 0 Å². The lowest BCUT2D eigenvalue weighted by Crippen LogP contribution is -2.63. The first-order chi connectivity index (χ1) is 29.3. The molecular weight excluding hydrogens is 807 g/mol. The molecule has 0 unspecified atom stereocenters. The van der Waals surface area contributed by atoms with Crippen molar-refractivity contribution in [1.82, 2.24) is 35.8 Å². The molecule has 11 atom stereocenters. The van der Waals surface area contributed by atoms with E-state index in [1.54, 1.807) is 14.8 Å². The summed E-state index contributed by atoms with van der Waals surface area (Å²) in [6.07, 6.45) is 5.88. The van der Waals surface area contributed by atoms with Crippen LogP contribution in [0.1, 0.15) is 85.0 Å². The topological polar surface area (TPSA) is 273 Å². The zero-order chi connectivity index (χ0) is 45.4. The number of amides is 2. The van der Waals surface area contributed by atoms with E-state index in [-0.39, 0.29) is 130 Å². The van der Waals surface area contributed by atoms with Gasteiger partial charge in [-0.2, -0.15) is 0 Å². The van der Waals surface area contributed by atoms with Crippen molar-refractivity contribution in [2.45, 2.75) is 103 Å². The van der Waals surface area contributed by atoms with Crippen LogP contribution < -0.4 is 16.0 Å². The van der Waals surface area contributed by atoms with Gasteiger partial charge in [-0.1, -0.05) is 20.8 Å². The molecule has 9 N–H and O–H groups in total. The van der Waals surface area contributed by atoms with Gasteiger partial charge < -0.3 is 46.6 Å². The van der Waals surface area contributed by atoms with Crippen molar-refractivity contribution in [3.8, 4) is 0 Å². The minimum absolute atomic E-state index is 0.0239. The van der Waals surface area contributed by atoms with Crippen LogP contribution in [0.5, 0.6) is 0 Å². The Bertz CT molecular complexity index is 1590. The van der Waals surface area contributed by atoms with E-state index >= 15 is 0 Å². The molecular formula is C43H73N7O12. The number of aliphatic hydroxyl groups excluding tert-OH is 2. The van der Waals surface area contributed by atoms with Gasteiger partial charge in [-0.3, -0.25) is 38.6 Å². The summed E-state index contributed by atoms with van der Waals surface area (Å²) in [5.74, 6) is -3.48. The van der Waals surface area contributed by atoms with E-state index in [4.69, 9.17) is 0 Å². The molecule has 0 aromatic carbocycles. The molecule has 19 heteroatoms. The number of hydrogen-bond donors (Lipinski definition) is 9. The molecule has 4 saturated carbocycles. The molecule has 5 fully saturated rings. The van der Waals surface area contributed by atoms with Crippen LogP contribution in [0, 0.1) is 46.3 Å². The molecule has 5 rings (SSSR count). The fraction of sp³-hybridized carbons (Fsp3) is 0.860. The third kappa shape index (κ3) is 12.4. The number of fused-ring (bicyclic) bond motifs is 5. The van der Waals surface area contributed by atoms with Crippen molar-refractivity contribution in [3.05, 3.63) is 0 Å². The van der Waals surface area contributed by atoms with Crippen molar-refractivity contribution >= 4 is 35.7 Å². The third-order valence-corrected chi connectivity index (χ3v) is 15.7. The van der Waals surface area contributed by atoms with Crippen molar-refractivity contribution in [1.29, 1.82) is 0 Å². The summed E-state index contributed by atoms with van der Waals surface area (Å²) in [4.78, 5) is 75.4. The van der Waals surface area contributed by atoms with E-state index in [9.17, 15) is 59.4 Å². The summed E-state index contributed by atoms with van der Waals surface area (Å²) in [6, 6.07) is -0.0239. The molecule has 5 aliphatic rings. The fourth-order valence-electron chi connectivity index (χ4n) is 12.5. The average Bonchev–Trinajstić information content (AvgIpc) is 3.55. The first-order valence-corrected chi connectivity index (χ1v) is 22.8. The zero-order valence-electron chi connectivity index (χ0n) is 36.9. The highest BCUT2D eigenvalue weighted by Crippen LogP contribution is 2.68. The Morgan fingerprint density at radius 2 is 1.31 bits per heavy atom. The monoisotopic (exact) mass is 880 g/mol. The smallest absolute Gasteiger partial charge is 0.319 e. The van der Waals surface area contributed by atoms with Gasteiger partial charge in [0.25, 0.3) is 0 Å². The van der Waals surface area contributed by atoms with Crippen molar-refractivity contribution in [3.63, 3.8) is 0 Å². The van der Waals surface area contributed by atoms with Crippen LogP contribution in [-0.2, 0) is 28.8 Å². The summed E-state index contributed by atoms with van der Waals surface area (Å²) in [6.45, 7) is 7.65. The molecule has 0 bridgehead atoms. The van der Waals surface area contributed by atoms with Crippen LogP contribution in [0.15, 0.2) is 0 Å². The van der Waals surface area contributed by atoms with Crippen LogP contribution in [0.2, 0.25) is 0 Å². The lowest BCUT2D eigenvalue weighted by molar-refractivity contribution is -0.202. The highest BCUT2D eigenvalue weighted by Gasteiger charge is 2.65. The molecule has 352 valence electrons.